The molecule has 0 radical (unpaired) electrons. The van der Waals surface area contributed by atoms with E-state index in [0.717, 1.165) is 21.3 Å². The van der Waals surface area contributed by atoms with Gasteiger partial charge in [0.2, 0.25) is 10.0 Å². The molecule has 0 bridgehead atoms. The Hall–Kier alpha value is -2.74. The minimum absolute atomic E-state index is 0.00568. The zero-order valence-corrected chi connectivity index (χ0v) is 17.5. The van der Waals surface area contributed by atoms with Crippen LogP contribution in [0.2, 0.25) is 0 Å². The van der Waals surface area contributed by atoms with Crippen molar-refractivity contribution in [3.63, 3.8) is 0 Å². The maximum Gasteiger partial charge on any atom is 0.252 e. The smallest absolute Gasteiger partial charge is 0.252 e. The molecule has 1 N–H and O–H groups in total. The van der Waals surface area contributed by atoms with Crippen molar-refractivity contribution < 1.29 is 8.42 Å². The number of fused-ring (bicyclic) bond motifs is 1. The van der Waals surface area contributed by atoms with E-state index >= 15 is 0 Å². The first kappa shape index (κ1) is 19.6. The largest absolute Gasteiger partial charge is 0.322 e. The Morgan fingerprint density at radius 1 is 0.966 bits per heavy atom. The van der Waals surface area contributed by atoms with Crippen LogP contribution < -0.4 is 5.56 Å². The molecule has 7 heteroatoms. The number of aromatic amines is 1. The molecule has 0 spiro atoms. The number of hydrogen-bond acceptors (Lipinski definition) is 4. The van der Waals surface area contributed by atoms with Crippen molar-refractivity contribution in [2.75, 3.05) is 0 Å². The van der Waals surface area contributed by atoms with Gasteiger partial charge < -0.3 is 4.98 Å². The fraction of sp³-hybridized carbons (Fsp3) is 0.136. The summed E-state index contributed by atoms with van der Waals surface area (Å²) >= 11 is 1.49. The van der Waals surface area contributed by atoms with Crippen LogP contribution in [0, 0.1) is 6.92 Å². The minimum atomic E-state index is -3.76. The summed E-state index contributed by atoms with van der Waals surface area (Å²) in [4.78, 5) is 16.7. The second-order valence-corrected chi connectivity index (χ2v) is 9.85. The van der Waals surface area contributed by atoms with Crippen molar-refractivity contribution in [2.45, 2.75) is 24.9 Å². The fourth-order valence-corrected chi connectivity index (χ4v) is 5.43. The Morgan fingerprint density at radius 3 is 2.48 bits per heavy atom. The lowest BCUT2D eigenvalue weighted by molar-refractivity contribution is 0.402. The van der Waals surface area contributed by atoms with Crippen molar-refractivity contribution in [1.82, 2.24) is 9.29 Å². The van der Waals surface area contributed by atoms with Crippen molar-refractivity contribution >= 4 is 32.3 Å². The number of thiophene rings is 1. The molecular formula is C22H20N2O3S2. The molecule has 148 valence electrons. The van der Waals surface area contributed by atoms with Crippen LogP contribution in [0.3, 0.4) is 0 Å². The first-order valence-electron chi connectivity index (χ1n) is 9.13. The Morgan fingerprint density at radius 2 is 1.76 bits per heavy atom. The lowest BCUT2D eigenvalue weighted by Gasteiger charge is -2.21. The molecule has 0 saturated carbocycles. The summed E-state index contributed by atoms with van der Waals surface area (Å²) in [5.74, 6) is 0. The van der Waals surface area contributed by atoms with E-state index in [1.807, 2.05) is 42.6 Å². The highest BCUT2D eigenvalue weighted by atomic mass is 32.2. The van der Waals surface area contributed by atoms with Crippen LogP contribution in [0.25, 0.3) is 10.9 Å². The summed E-state index contributed by atoms with van der Waals surface area (Å²) in [5.41, 5.74) is 1.93. The first-order valence-corrected chi connectivity index (χ1v) is 11.5. The van der Waals surface area contributed by atoms with Gasteiger partial charge in [-0.3, -0.25) is 4.79 Å². The molecule has 0 unspecified atom stereocenters. The van der Waals surface area contributed by atoms with Crippen molar-refractivity contribution in [2.24, 2.45) is 0 Å². The number of hydrogen-bond donors (Lipinski definition) is 1. The number of sulfonamides is 1. The van der Waals surface area contributed by atoms with Gasteiger partial charge in [-0.2, -0.15) is 4.31 Å². The van der Waals surface area contributed by atoms with Gasteiger partial charge in [0.25, 0.3) is 5.56 Å². The lowest BCUT2D eigenvalue weighted by atomic mass is 10.1. The average molecular weight is 425 g/mol. The van der Waals surface area contributed by atoms with E-state index in [9.17, 15) is 13.2 Å². The third-order valence-electron chi connectivity index (χ3n) is 4.72. The van der Waals surface area contributed by atoms with Gasteiger partial charge in [-0.05, 0) is 53.6 Å². The molecule has 0 atom stereocenters. The zero-order chi connectivity index (χ0) is 20.4. The Bertz CT molecular complexity index is 1300. The van der Waals surface area contributed by atoms with E-state index in [1.165, 1.54) is 15.6 Å². The lowest BCUT2D eigenvalue weighted by Crippen LogP contribution is -2.32. The second kappa shape index (κ2) is 7.94. The summed E-state index contributed by atoms with van der Waals surface area (Å²) in [7, 11) is -3.76. The molecular weight excluding hydrogens is 404 g/mol. The van der Waals surface area contributed by atoms with Crippen LogP contribution in [0.5, 0.6) is 0 Å². The summed E-state index contributed by atoms with van der Waals surface area (Å²) in [6.07, 6.45) is 0. The summed E-state index contributed by atoms with van der Waals surface area (Å²) in [6, 6.07) is 19.7. The third-order valence-corrected chi connectivity index (χ3v) is 7.39. The van der Waals surface area contributed by atoms with Gasteiger partial charge in [0.05, 0.1) is 4.90 Å². The molecule has 0 aliphatic carbocycles. The van der Waals surface area contributed by atoms with E-state index in [4.69, 9.17) is 0 Å². The summed E-state index contributed by atoms with van der Waals surface area (Å²) < 4.78 is 28.0. The average Bonchev–Trinajstić information content (AvgIpc) is 3.22. The molecule has 0 aliphatic rings. The van der Waals surface area contributed by atoms with Crippen molar-refractivity contribution in [3.05, 3.63) is 98.5 Å². The molecule has 2 heterocycles. The normalized spacial score (nSPS) is 11.9. The maximum absolute atomic E-state index is 13.3. The second-order valence-electron chi connectivity index (χ2n) is 6.88. The molecule has 2 aromatic heterocycles. The molecule has 2 aromatic carbocycles. The minimum Gasteiger partial charge on any atom is -0.322 e. The predicted molar refractivity (Wildman–Crippen MR) is 116 cm³/mol. The highest BCUT2D eigenvalue weighted by molar-refractivity contribution is 7.89. The fourth-order valence-electron chi connectivity index (χ4n) is 3.21. The van der Waals surface area contributed by atoms with E-state index in [1.54, 1.807) is 36.4 Å². The van der Waals surface area contributed by atoms with Gasteiger partial charge in [0.1, 0.15) is 0 Å². The Labute approximate surface area is 173 Å². The van der Waals surface area contributed by atoms with Crippen molar-refractivity contribution in [3.8, 4) is 0 Å². The highest BCUT2D eigenvalue weighted by Crippen LogP contribution is 2.23. The van der Waals surface area contributed by atoms with Crippen LogP contribution in [-0.4, -0.2) is 17.7 Å². The SMILES string of the molecule is Cc1ccc2cc(CN(Cc3cccs3)S(=O)(=O)c3ccccc3)c(=O)[nH]c2c1. The highest BCUT2D eigenvalue weighted by Gasteiger charge is 2.26. The van der Waals surface area contributed by atoms with Gasteiger partial charge in [-0.15, -0.1) is 11.3 Å². The molecule has 0 amide bonds. The molecule has 0 saturated heterocycles. The molecule has 4 rings (SSSR count). The number of nitrogens with one attached hydrogen (secondary N) is 1. The topological polar surface area (TPSA) is 70.2 Å². The van der Waals surface area contributed by atoms with Crippen molar-refractivity contribution in [1.29, 1.82) is 0 Å². The summed E-state index contributed by atoms with van der Waals surface area (Å²) in [5, 5.41) is 2.78. The molecule has 5 nitrogen and oxygen atoms in total. The molecule has 0 aliphatic heterocycles. The van der Waals surface area contributed by atoms with Crippen LogP contribution >= 0.6 is 11.3 Å². The number of aryl methyl sites for hydroxylation is 1. The van der Waals surface area contributed by atoms with E-state index in [-0.39, 0.29) is 23.5 Å². The zero-order valence-electron chi connectivity index (χ0n) is 15.8. The first-order chi connectivity index (χ1) is 13.9. The van der Waals surface area contributed by atoms with Crippen LogP contribution in [-0.2, 0) is 23.1 Å². The summed E-state index contributed by atoms with van der Waals surface area (Å²) in [6.45, 7) is 2.16. The van der Waals surface area contributed by atoms with Gasteiger partial charge >= 0.3 is 0 Å². The van der Waals surface area contributed by atoms with Crippen LogP contribution in [0.1, 0.15) is 16.0 Å². The van der Waals surface area contributed by atoms with Crippen LogP contribution in [0.15, 0.2) is 81.8 Å². The molecule has 0 fully saturated rings. The van der Waals surface area contributed by atoms with E-state index in [2.05, 4.69) is 4.98 Å². The van der Waals surface area contributed by atoms with Gasteiger partial charge in [-0.25, -0.2) is 8.42 Å². The maximum atomic E-state index is 13.3. The van der Waals surface area contributed by atoms with E-state index in [0.29, 0.717) is 5.56 Å². The van der Waals surface area contributed by atoms with Gasteiger partial charge in [0.15, 0.2) is 0 Å². The van der Waals surface area contributed by atoms with Crippen LogP contribution in [0.4, 0.5) is 0 Å². The quantitative estimate of drug-likeness (QED) is 0.502. The van der Waals surface area contributed by atoms with E-state index < -0.39 is 10.0 Å². The number of nitrogens with zero attached hydrogens (tertiary/aromatic N) is 1. The third kappa shape index (κ3) is 4.17. The number of aromatic nitrogens is 1. The Balaban J connectivity index is 1.76. The number of pyridine rings is 1. The molecule has 29 heavy (non-hydrogen) atoms. The number of rotatable bonds is 6. The Kier molecular flexibility index (Phi) is 5.36. The van der Waals surface area contributed by atoms with Gasteiger partial charge in [-0.1, -0.05) is 36.4 Å². The molecule has 4 aromatic rings. The monoisotopic (exact) mass is 424 g/mol. The predicted octanol–water partition coefficient (Wildman–Crippen LogP) is 4.29. The van der Waals surface area contributed by atoms with Gasteiger partial charge in [0, 0.05) is 29.0 Å². The standard InChI is InChI=1S/C22H20N2O3S2/c1-16-9-10-17-13-18(22(25)23-21(17)12-16)14-24(15-19-6-5-11-28-19)29(26,27)20-7-3-2-4-8-20/h2-13H,14-15H2,1H3,(H,23,25). The number of benzene rings is 2. The number of H-pyrrole nitrogens is 1.